The van der Waals surface area contributed by atoms with Gasteiger partial charge in [-0.1, -0.05) is 6.42 Å². The highest BCUT2D eigenvalue weighted by molar-refractivity contribution is 4.94. The molecule has 0 aliphatic carbocycles. The molecule has 0 aromatic carbocycles. The third-order valence-corrected chi connectivity index (χ3v) is 3.01. The number of H-pyrrole nitrogens is 1. The maximum Gasteiger partial charge on any atom is 0.122 e. The first-order valence-electron chi connectivity index (χ1n) is 5.82. The molecule has 1 aromatic heterocycles. The summed E-state index contributed by atoms with van der Waals surface area (Å²) in [5.41, 5.74) is 0. The van der Waals surface area contributed by atoms with E-state index >= 15 is 0 Å². The van der Waals surface area contributed by atoms with Gasteiger partial charge < -0.3 is 15.6 Å². The Morgan fingerprint density at radius 3 is 3.20 bits per heavy atom. The van der Waals surface area contributed by atoms with Crippen LogP contribution in [0.3, 0.4) is 0 Å². The van der Waals surface area contributed by atoms with Crippen LogP contribution in [0.2, 0.25) is 0 Å². The fourth-order valence-electron chi connectivity index (χ4n) is 2.03. The number of hydrogen-bond donors (Lipinski definition) is 3. The zero-order chi connectivity index (χ0) is 10.5. The number of imidazole rings is 1. The maximum atomic E-state index is 4.24. The standard InChI is InChI=1S/C11H20N4/c1-9(11-13-6-7-14-11)15-8-10-4-2-3-5-12-10/h6-7,9-10,12,15H,2-5,8H2,1H3,(H,13,14). The van der Waals surface area contributed by atoms with Gasteiger partial charge in [0.05, 0.1) is 6.04 Å². The van der Waals surface area contributed by atoms with Crippen LogP contribution in [0, 0.1) is 0 Å². The number of rotatable bonds is 4. The molecular weight excluding hydrogens is 188 g/mol. The summed E-state index contributed by atoms with van der Waals surface area (Å²) in [6, 6.07) is 0.944. The summed E-state index contributed by atoms with van der Waals surface area (Å²) >= 11 is 0. The Morgan fingerprint density at radius 1 is 1.60 bits per heavy atom. The molecule has 2 unspecified atom stereocenters. The molecule has 2 atom stereocenters. The molecule has 1 aromatic rings. The Kier molecular flexibility index (Phi) is 3.75. The van der Waals surface area contributed by atoms with Gasteiger partial charge in [0, 0.05) is 25.0 Å². The summed E-state index contributed by atoms with van der Waals surface area (Å²) in [5, 5.41) is 7.03. The third-order valence-electron chi connectivity index (χ3n) is 3.01. The van der Waals surface area contributed by atoms with Gasteiger partial charge in [0.15, 0.2) is 0 Å². The average Bonchev–Trinajstić information content (AvgIpc) is 2.81. The van der Waals surface area contributed by atoms with E-state index in [1.807, 2.05) is 6.20 Å². The molecule has 15 heavy (non-hydrogen) atoms. The number of aromatic nitrogens is 2. The normalized spacial score (nSPS) is 23.9. The first kappa shape index (κ1) is 10.6. The van der Waals surface area contributed by atoms with Crippen molar-refractivity contribution < 1.29 is 0 Å². The van der Waals surface area contributed by atoms with Gasteiger partial charge in [-0.05, 0) is 26.3 Å². The maximum absolute atomic E-state index is 4.24. The van der Waals surface area contributed by atoms with Gasteiger partial charge in [0.25, 0.3) is 0 Å². The van der Waals surface area contributed by atoms with Crippen LogP contribution in [0.5, 0.6) is 0 Å². The van der Waals surface area contributed by atoms with Gasteiger partial charge in [-0.2, -0.15) is 0 Å². The van der Waals surface area contributed by atoms with E-state index in [0.717, 1.165) is 12.4 Å². The highest BCUT2D eigenvalue weighted by Gasteiger charge is 2.14. The second kappa shape index (κ2) is 5.28. The molecule has 2 heterocycles. The molecule has 2 rings (SSSR count). The minimum absolute atomic E-state index is 0.309. The van der Waals surface area contributed by atoms with Crippen molar-refractivity contribution in [2.75, 3.05) is 13.1 Å². The topological polar surface area (TPSA) is 52.7 Å². The molecule has 3 N–H and O–H groups in total. The molecule has 0 bridgehead atoms. The molecule has 0 saturated carbocycles. The largest absolute Gasteiger partial charge is 0.347 e. The van der Waals surface area contributed by atoms with Crippen LogP contribution in [0.15, 0.2) is 12.4 Å². The zero-order valence-electron chi connectivity index (χ0n) is 9.29. The first-order valence-corrected chi connectivity index (χ1v) is 5.82. The van der Waals surface area contributed by atoms with Crippen molar-refractivity contribution in [1.82, 2.24) is 20.6 Å². The smallest absolute Gasteiger partial charge is 0.122 e. The predicted molar refractivity (Wildman–Crippen MR) is 60.6 cm³/mol. The van der Waals surface area contributed by atoms with E-state index in [1.54, 1.807) is 6.20 Å². The minimum atomic E-state index is 0.309. The number of aromatic amines is 1. The number of piperidine rings is 1. The summed E-state index contributed by atoms with van der Waals surface area (Å²) in [5.74, 6) is 1.02. The van der Waals surface area contributed by atoms with E-state index in [9.17, 15) is 0 Å². The number of hydrogen-bond acceptors (Lipinski definition) is 3. The van der Waals surface area contributed by atoms with Gasteiger partial charge >= 0.3 is 0 Å². The summed E-state index contributed by atoms with van der Waals surface area (Å²) in [4.78, 5) is 7.37. The lowest BCUT2D eigenvalue weighted by atomic mass is 10.0. The monoisotopic (exact) mass is 208 g/mol. The quantitative estimate of drug-likeness (QED) is 0.697. The summed E-state index contributed by atoms with van der Waals surface area (Å²) in [6.07, 6.45) is 7.63. The Bertz CT molecular complexity index is 264. The lowest BCUT2D eigenvalue weighted by Crippen LogP contribution is -2.42. The Hall–Kier alpha value is -0.870. The average molecular weight is 208 g/mol. The molecular formula is C11H20N4. The SMILES string of the molecule is CC(NCC1CCCCN1)c1ncc[nH]1. The van der Waals surface area contributed by atoms with Gasteiger partial charge in [0.2, 0.25) is 0 Å². The van der Waals surface area contributed by atoms with Gasteiger partial charge in [-0.25, -0.2) is 4.98 Å². The van der Waals surface area contributed by atoms with Crippen molar-refractivity contribution in [3.63, 3.8) is 0 Å². The molecule has 1 saturated heterocycles. The molecule has 1 fully saturated rings. The van der Waals surface area contributed by atoms with Gasteiger partial charge in [0.1, 0.15) is 5.82 Å². The van der Waals surface area contributed by atoms with Crippen molar-refractivity contribution in [2.24, 2.45) is 0 Å². The van der Waals surface area contributed by atoms with E-state index < -0.39 is 0 Å². The van der Waals surface area contributed by atoms with Crippen molar-refractivity contribution >= 4 is 0 Å². The van der Waals surface area contributed by atoms with E-state index in [-0.39, 0.29) is 0 Å². The van der Waals surface area contributed by atoms with Crippen LogP contribution >= 0.6 is 0 Å². The van der Waals surface area contributed by atoms with Crippen molar-refractivity contribution in [3.05, 3.63) is 18.2 Å². The van der Waals surface area contributed by atoms with Crippen LogP contribution in [-0.2, 0) is 0 Å². The molecule has 0 radical (unpaired) electrons. The van der Waals surface area contributed by atoms with E-state index in [1.165, 1.54) is 25.8 Å². The van der Waals surface area contributed by atoms with Crippen molar-refractivity contribution in [3.8, 4) is 0 Å². The lowest BCUT2D eigenvalue weighted by Gasteiger charge is -2.25. The van der Waals surface area contributed by atoms with Crippen LogP contribution in [0.25, 0.3) is 0 Å². The highest BCUT2D eigenvalue weighted by atomic mass is 15.0. The highest BCUT2D eigenvalue weighted by Crippen LogP contribution is 2.09. The fraction of sp³-hybridized carbons (Fsp3) is 0.727. The summed E-state index contributed by atoms with van der Waals surface area (Å²) in [7, 11) is 0. The van der Waals surface area contributed by atoms with Crippen LogP contribution in [0.4, 0.5) is 0 Å². The van der Waals surface area contributed by atoms with Gasteiger partial charge in [-0.15, -0.1) is 0 Å². The molecule has 0 amide bonds. The number of nitrogens with one attached hydrogen (secondary N) is 3. The summed E-state index contributed by atoms with van der Waals surface area (Å²) < 4.78 is 0. The van der Waals surface area contributed by atoms with Crippen LogP contribution in [-0.4, -0.2) is 29.1 Å². The van der Waals surface area contributed by atoms with Crippen LogP contribution in [0.1, 0.15) is 38.1 Å². The summed E-state index contributed by atoms with van der Waals surface area (Å²) in [6.45, 7) is 4.34. The Balaban J connectivity index is 1.73. The molecule has 1 aliphatic rings. The minimum Gasteiger partial charge on any atom is -0.347 e. The van der Waals surface area contributed by atoms with Crippen LogP contribution < -0.4 is 10.6 Å². The number of nitrogens with zero attached hydrogens (tertiary/aromatic N) is 1. The molecule has 84 valence electrons. The molecule has 1 aliphatic heterocycles. The van der Waals surface area contributed by atoms with Crippen molar-refractivity contribution in [1.29, 1.82) is 0 Å². The fourth-order valence-corrected chi connectivity index (χ4v) is 2.03. The lowest BCUT2D eigenvalue weighted by molar-refractivity contribution is 0.369. The second-order valence-corrected chi connectivity index (χ2v) is 4.25. The van der Waals surface area contributed by atoms with E-state index in [4.69, 9.17) is 0 Å². The first-order chi connectivity index (χ1) is 7.36. The predicted octanol–water partition coefficient (Wildman–Crippen LogP) is 1.20. The van der Waals surface area contributed by atoms with E-state index in [2.05, 4.69) is 27.5 Å². The third kappa shape index (κ3) is 3.04. The zero-order valence-corrected chi connectivity index (χ0v) is 9.29. The Labute approximate surface area is 90.9 Å². The molecule has 0 spiro atoms. The van der Waals surface area contributed by atoms with E-state index in [0.29, 0.717) is 12.1 Å². The molecule has 4 heteroatoms. The molecule has 4 nitrogen and oxygen atoms in total. The second-order valence-electron chi connectivity index (χ2n) is 4.25. The van der Waals surface area contributed by atoms with Crippen molar-refractivity contribution in [2.45, 2.75) is 38.3 Å². The Morgan fingerprint density at radius 2 is 2.53 bits per heavy atom. The van der Waals surface area contributed by atoms with Gasteiger partial charge in [-0.3, -0.25) is 0 Å².